The molecule has 7 heteroatoms. The van der Waals surface area contributed by atoms with Crippen molar-refractivity contribution in [2.24, 2.45) is 17.8 Å². The topological polar surface area (TPSA) is 20.2 Å². The molecule has 17 heavy (non-hydrogen) atoms. The fourth-order valence-electron chi connectivity index (χ4n) is 2.84. The predicted octanol–water partition coefficient (Wildman–Crippen LogP) is 3.05. The van der Waals surface area contributed by atoms with E-state index in [0.29, 0.717) is 0 Å². The van der Waals surface area contributed by atoms with Crippen LogP contribution < -0.4 is 0 Å². The molecule has 0 aromatic heterocycles. The van der Waals surface area contributed by atoms with Crippen molar-refractivity contribution in [3.05, 3.63) is 12.2 Å². The van der Waals surface area contributed by atoms with Crippen molar-refractivity contribution in [1.29, 1.82) is 0 Å². The van der Waals surface area contributed by atoms with Gasteiger partial charge in [0.2, 0.25) is 0 Å². The first kappa shape index (κ1) is 12.7. The van der Waals surface area contributed by atoms with Crippen molar-refractivity contribution in [3.8, 4) is 0 Å². The van der Waals surface area contributed by atoms with Gasteiger partial charge >= 0.3 is 12.4 Å². The molecule has 0 aromatic carbocycles. The van der Waals surface area contributed by atoms with Crippen LogP contribution in [-0.2, 0) is 0 Å². The average Bonchev–Trinajstić information content (AvgIpc) is 2.73. The predicted molar refractivity (Wildman–Crippen MR) is 45.9 cm³/mol. The van der Waals surface area contributed by atoms with Crippen molar-refractivity contribution in [2.45, 2.75) is 30.8 Å². The Morgan fingerprint density at radius 1 is 0.882 bits per heavy atom. The third-order valence-corrected chi connectivity index (χ3v) is 3.68. The minimum atomic E-state index is -5.70. The summed E-state index contributed by atoms with van der Waals surface area (Å²) < 4.78 is 75.5. The molecule has 1 saturated carbocycles. The number of aliphatic hydroxyl groups is 1. The van der Waals surface area contributed by atoms with Crippen molar-refractivity contribution >= 4 is 0 Å². The van der Waals surface area contributed by atoms with Crippen molar-refractivity contribution in [1.82, 2.24) is 0 Å². The van der Waals surface area contributed by atoms with Crippen LogP contribution in [0.25, 0.3) is 0 Å². The Labute approximate surface area is 93.1 Å². The van der Waals surface area contributed by atoms with E-state index < -0.39 is 29.8 Å². The summed E-state index contributed by atoms with van der Waals surface area (Å²) in [6.07, 6.45) is -8.44. The number of allylic oxidation sites excluding steroid dienone is 2. The minimum absolute atomic E-state index is 0.263. The van der Waals surface area contributed by atoms with Gasteiger partial charge in [0.05, 0.1) is 0 Å². The second-order valence-corrected chi connectivity index (χ2v) is 4.65. The monoisotopic (exact) mass is 260 g/mol. The Morgan fingerprint density at radius 3 is 1.71 bits per heavy atom. The summed E-state index contributed by atoms with van der Waals surface area (Å²) in [4.78, 5) is 0. The zero-order valence-electron chi connectivity index (χ0n) is 8.52. The van der Waals surface area contributed by atoms with Gasteiger partial charge in [-0.2, -0.15) is 26.3 Å². The van der Waals surface area contributed by atoms with Crippen LogP contribution in [0.3, 0.4) is 0 Å². The molecule has 3 unspecified atom stereocenters. The molecule has 2 bridgehead atoms. The van der Waals surface area contributed by atoms with Gasteiger partial charge in [-0.25, -0.2) is 0 Å². The van der Waals surface area contributed by atoms with Crippen LogP contribution >= 0.6 is 0 Å². The molecule has 0 aliphatic heterocycles. The lowest BCUT2D eigenvalue weighted by Gasteiger charge is -2.39. The Bertz CT molecular complexity index is 328. The van der Waals surface area contributed by atoms with Gasteiger partial charge in [0.1, 0.15) is 0 Å². The summed E-state index contributed by atoms with van der Waals surface area (Å²) in [5.41, 5.74) is -4.59. The Morgan fingerprint density at radius 2 is 1.41 bits per heavy atom. The Balaban J connectivity index is 2.39. The molecule has 1 nitrogen and oxygen atoms in total. The number of hydrogen-bond donors (Lipinski definition) is 1. The minimum Gasteiger partial charge on any atom is -0.373 e. The summed E-state index contributed by atoms with van der Waals surface area (Å²) in [6.45, 7) is 0. The van der Waals surface area contributed by atoms with Crippen LogP contribution in [0.15, 0.2) is 12.2 Å². The third-order valence-electron chi connectivity index (χ3n) is 3.68. The summed E-state index contributed by atoms with van der Waals surface area (Å²) in [6, 6.07) is 0. The van der Waals surface area contributed by atoms with Gasteiger partial charge in [-0.3, -0.25) is 0 Å². The van der Waals surface area contributed by atoms with Crippen LogP contribution in [0, 0.1) is 17.8 Å². The third kappa shape index (κ3) is 1.66. The first-order chi connectivity index (χ1) is 7.57. The van der Waals surface area contributed by atoms with Crippen LogP contribution in [0.5, 0.6) is 0 Å². The summed E-state index contributed by atoms with van der Waals surface area (Å²) in [7, 11) is 0. The summed E-state index contributed by atoms with van der Waals surface area (Å²) >= 11 is 0. The normalized spacial score (nSPS) is 33.5. The fraction of sp³-hybridized carbons (Fsp3) is 0.800. The largest absolute Gasteiger partial charge is 0.426 e. The van der Waals surface area contributed by atoms with E-state index in [1.165, 1.54) is 6.08 Å². The van der Waals surface area contributed by atoms with Crippen LogP contribution in [0.4, 0.5) is 26.3 Å². The highest BCUT2D eigenvalue weighted by Gasteiger charge is 2.75. The maximum Gasteiger partial charge on any atom is 0.426 e. The number of fused-ring (bicyclic) bond motifs is 2. The molecule has 1 N–H and O–H groups in total. The van der Waals surface area contributed by atoms with Crippen LogP contribution in [0.2, 0.25) is 0 Å². The van der Waals surface area contributed by atoms with E-state index in [9.17, 15) is 31.4 Å². The number of halogens is 6. The Hall–Kier alpha value is -0.720. The molecule has 0 radical (unpaired) electrons. The molecule has 2 rings (SSSR count). The van der Waals surface area contributed by atoms with E-state index in [4.69, 9.17) is 0 Å². The second kappa shape index (κ2) is 3.40. The van der Waals surface area contributed by atoms with Gasteiger partial charge in [0.25, 0.3) is 5.60 Å². The van der Waals surface area contributed by atoms with E-state index in [2.05, 4.69) is 0 Å². The van der Waals surface area contributed by atoms with Gasteiger partial charge in [0, 0.05) is 5.92 Å². The lowest BCUT2D eigenvalue weighted by Crippen LogP contribution is -2.62. The molecular formula is C10H10F6O. The van der Waals surface area contributed by atoms with Gasteiger partial charge in [-0.1, -0.05) is 12.2 Å². The van der Waals surface area contributed by atoms with Crippen LogP contribution in [-0.4, -0.2) is 23.1 Å². The highest BCUT2D eigenvalue weighted by atomic mass is 19.4. The number of rotatable bonds is 1. The molecule has 0 heterocycles. The van der Waals surface area contributed by atoms with Crippen molar-refractivity contribution in [2.75, 3.05) is 0 Å². The van der Waals surface area contributed by atoms with Crippen molar-refractivity contribution < 1.29 is 31.4 Å². The van der Waals surface area contributed by atoms with E-state index in [1.807, 2.05) is 0 Å². The van der Waals surface area contributed by atoms with Gasteiger partial charge in [-0.15, -0.1) is 0 Å². The molecule has 0 spiro atoms. The standard InChI is InChI=1S/C10H10F6O/c11-9(12,13)8(17,10(14,15)16)7-4-5-1-2-6(7)3-5/h1-2,5-7,17H,3-4H2. The van der Waals surface area contributed by atoms with E-state index >= 15 is 0 Å². The molecule has 0 saturated heterocycles. The summed E-state index contributed by atoms with van der Waals surface area (Å²) in [5.74, 6) is -2.94. The molecular weight excluding hydrogens is 250 g/mol. The number of alkyl halides is 6. The lowest BCUT2D eigenvalue weighted by atomic mass is 9.77. The van der Waals surface area contributed by atoms with Gasteiger partial charge in [-0.05, 0) is 24.7 Å². The smallest absolute Gasteiger partial charge is 0.373 e. The van der Waals surface area contributed by atoms with E-state index in [1.54, 1.807) is 6.08 Å². The second-order valence-electron chi connectivity index (χ2n) is 4.65. The lowest BCUT2D eigenvalue weighted by molar-refractivity contribution is -0.387. The quantitative estimate of drug-likeness (QED) is 0.567. The molecule has 2 aliphatic rings. The van der Waals surface area contributed by atoms with E-state index in [0.717, 1.165) is 0 Å². The first-order valence-corrected chi connectivity index (χ1v) is 5.11. The molecule has 0 aromatic rings. The highest BCUT2D eigenvalue weighted by molar-refractivity contribution is 5.16. The van der Waals surface area contributed by atoms with Gasteiger partial charge in [0.15, 0.2) is 0 Å². The Kier molecular flexibility index (Phi) is 2.54. The molecule has 3 atom stereocenters. The first-order valence-electron chi connectivity index (χ1n) is 5.11. The molecule has 0 amide bonds. The highest BCUT2D eigenvalue weighted by Crippen LogP contribution is 2.57. The molecule has 2 aliphatic carbocycles. The summed E-state index contributed by atoms with van der Waals surface area (Å²) in [5, 5.41) is 9.22. The fourth-order valence-corrected chi connectivity index (χ4v) is 2.84. The maximum atomic E-state index is 12.6. The zero-order valence-corrected chi connectivity index (χ0v) is 8.52. The maximum absolute atomic E-state index is 12.6. The van der Waals surface area contributed by atoms with Crippen LogP contribution in [0.1, 0.15) is 12.8 Å². The zero-order chi connectivity index (χ0) is 13.1. The molecule has 1 fully saturated rings. The SMILES string of the molecule is OC(C1CC2C=CC1C2)(C(F)(F)F)C(F)(F)F. The van der Waals surface area contributed by atoms with Gasteiger partial charge < -0.3 is 5.11 Å². The van der Waals surface area contributed by atoms with Crippen molar-refractivity contribution in [3.63, 3.8) is 0 Å². The average molecular weight is 260 g/mol. The van der Waals surface area contributed by atoms with E-state index in [-0.39, 0.29) is 18.8 Å². The number of hydrogen-bond acceptors (Lipinski definition) is 1. The molecule has 98 valence electrons.